The third-order valence-electron chi connectivity index (χ3n) is 8.73. The minimum absolute atomic E-state index is 0.0711. The van der Waals surface area contributed by atoms with Crippen LogP contribution in [0, 0.1) is 11.8 Å². The minimum atomic E-state index is -4.87. The van der Waals surface area contributed by atoms with E-state index in [4.69, 9.17) is 0 Å². The fourth-order valence-electron chi connectivity index (χ4n) is 5.44. The number of hydrogen-bond acceptors (Lipinski definition) is 8. The lowest BCUT2D eigenvalue weighted by Gasteiger charge is -2.32. The van der Waals surface area contributed by atoms with E-state index in [0.29, 0.717) is 25.8 Å². The van der Waals surface area contributed by atoms with Crippen molar-refractivity contribution in [1.82, 2.24) is 31.1 Å². The molecule has 0 aromatic heterocycles. The van der Waals surface area contributed by atoms with Crippen LogP contribution in [-0.4, -0.2) is 108 Å². The fraction of sp³-hybridized carbons (Fsp3) is 0.618. The van der Waals surface area contributed by atoms with Crippen molar-refractivity contribution in [2.45, 2.75) is 95.7 Å². The standard InChI is InChI=1S/C34H47F3N6O8/c1-19(2)25(41-32(50)51-33(3,4)34(35,36)37)31(49)43-16-10-13-23(43)28(46)39-22(17-20-14-15-20)27(45)29(47)38-18-24(44)40-26(30(48)42(5)6)21-11-8-7-9-12-21/h7-9,11-12,19-20,22-23,25-26H,10,13-18H2,1-6H3,(H,38,47)(H,39,46)(H,40,44)(H,41,50). The molecular formula is C34H47F3N6O8. The molecule has 3 rings (SSSR count). The maximum Gasteiger partial charge on any atom is 0.427 e. The summed E-state index contributed by atoms with van der Waals surface area (Å²) >= 11 is 0. The molecule has 1 aliphatic heterocycles. The topological polar surface area (TPSA) is 183 Å². The van der Waals surface area contributed by atoms with Gasteiger partial charge in [0.05, 0.1) is 12.6 Å². The molecule has 51 heavy (non-hydrogen) atoms. The molecule has 282 valence electrons. The SMILES string of the molecule is CC(C)C(NC(=O)OC(C)(C)C(F)(F)F)C(=O)N1CCCC1C(=O)NC(CC1CC1)C(=O)C(=O)NCC(=O)NC(C(=O)N(C)C)c1ccccc1. The average Bonchev–Trinajstić information content (AvgIpc) is 3.73. The Balaban J connectivity index is 1.65. The van der Waals surface area contributed by atoms with E-state index < -0.39 is 89.8 Å². The summed E-state index contributed by atoms with van der Waals surface area (Å²) < 4.78 is 44.3. The van der Waals surface area contributed by atoms with Crippen molar-refractivity contribution < 1.29 is 51.5 Å². The van der Waals surface area contributed by atoms with Crippen LogP contribution in [0.4, 0.5) is 18.0 Å². The zero-order valence-corrected chi connectivity index (χ0v) is 29.6. The van der Waals surface area contributed by atoms with Crippen LogP contribution in [0.3, 0.4) is 0 Å². The average molecular weight is 725 g/mol. The number of benzene rings is 1. The minimum Gasteiger partial charge on any atom is -0.434 e. The number of Topliss-reactive ketones (excluding diaryl/α,β-unsaturated/α-hetero) is 1. The largest absolute Gasteiger partial charge is 0.434 e. The molecule has 17 heteroatoms. The highest BCUT2D eigenvalue weighted by atomic mass is 19.4. The predicted molar refractivity (Wildman–Crippen MR) is 176 cm³/mol. The van der Waals surface area contributed by atoms with Crippen LogP contribution in [0.2, 0.25) is 0 Å². The van der Waals surface area contributed by atoms with Gasteiger partial charge in [0.25, 0.3) is 5.91 Å². The molecule has 14 nitrogen and oxygen atoms in total. The van der Waals surface area contributed by atoms with E-state index in [1.165, 1.54) is 23.9 Å². The second kappa shape index (κ2) is 17.0. The van der Waals surface area contributed by atoms with E-state index >= 15 is 0 Å². The summed E-state index contributed by atoms with van der Waals surface area (Å²) in [6, 6.07) is 3.74. The molecule has 1 heterocycles. The molecule has 0 bridgehead atoms. The van der Waals surface area contributed by atoms with Gasteiger partial charge in [0, 0.05) is 20.6 Å². The van der Waals surface area contributed by atoms with Crippen molar-refractivity contribution in [3.05, 3.63) is 35.9 Å². The van der Waals surface area contributed by atoms with Crippen LogP contribution < -0.4 is 21.3 Å². The predicted octanol–water partition coefficient (Wildman–Crippen LogP) is 1.99. The van der Waals surface area contributed by atoms with E-state index in [9.17, 15) is 46.7 Å². The third-order valence-corrected chi connectivity index (χ3v) is 8.73. The van der Waals surface area contributed by atoms with Crippen LogP contribution in [0.1, 0.15) is 71.4 Å². The molecule has 2 fully saturated rings. The number of halogens is 3. The number of likely N-dealkylation sites (tertiary alicyclic amines) is 1. The zero-order chi connectivity index (χ0) is 38.3. The van der Waals surface area contributed by atoms with Gasteiger partial charge in [-0.25, -0.2) is 4.79 Å². The van der Waals surface area contributed by atoms with Gasteiger partial charge in [0.1, 0.15) is 18.1 Å². The molecule has 1 aromatic carbocycles. The maximum atomic E-state index is 13.6. The van der Waals surface area contributed by atoms with Crippen molar-refractivity contribution in [1.29, 1.82) is 0 Å². The Labute approximate surface area is 294 Å². The van der Waals surface area contributed by atoms with Gasteiger partial charge in [-0.05, 0) is 50.5 Å². The molecule has 1 saturated carbocycles. The molecule has 4 unspecified atom stereocenters. The van der Waals surface area contributed by atoms with Crippen molar-refractivity contribution >= 4 is 41.4 Å². The Morgan fingerprint density at radius 3 is 2.12 bits per heavy atom. The number of likely N-dealkylation sites (N-methyl/N-ethyl adjacent to an activating group) is 1. The molecule has 4 atom stereocenters. The number of ether oxygens (including phenoxy) is 1. The van der Waals surface area contributed by atoms with E-state index in [1.807, 2.05) is 0 Å². The lowest BCUT2D eigenvalue weighted by Crippen LogP contribution is -2.58. The number of carbonyl (C=O) groups excluding carboxylic acids is 7. The molecule has 6 amide bonds. The second-order valence-electron chi connectivity index (χ2n) is 13.9. The lowest BCUT2D eigenvalue weighted by molar-refractivity contribution is -0.244. The molecule has 1 aliphatic carbocycles. The molecule has 1 saturated heterocycles. The van der Waals surface area contributed by atoms with Crippen molar-refractivity contribution in [3.8, 4) is 0 Å². The third kappa shape index (κ3) is 11.1. The fourth-order valence-corrected chi connectivity index (χ4v) is 5.44. The Morgan fingerprint density at radius 2 is 1.57 bits per heavy atom. The summed E-state index contributed by atoms with van der Waals surface area (Å²) in [5.41, 5.74) is -2.31. The van der Waals surface area contributed by atoms with Gasteiger partial charge in [-0.2, -0.15) is 13.2 Å². The van der Waals surface area contributed by atoms with Gasteiger partial charge in [-0.3, -0.25) is 28.8 Å². The van der Waals surface area contributed by atoms with E-state index in [1.54, 1.807) is 44.2 Å². The smallest absolute Gasteiger partial charge is 0.427 e. The molecular weight excluding hydrogens is 677 g/mol. The van der Waals surface area contributed by atoms with Gasteiger partial charge in [0.15, 0.2) is 0 Å². The first-order valence-electron chi connectivity index (χ1n) is 16.8. The van der Waals surface area contributed by atoms with Gasteiger partial charge >= 0.3 is 12.3 Å². The monoisotopic (exact) mass is 724 g/mol. The summed E-state index contributed by atoms with van der Waals surface area (Å²) in [6.07, 6.45) is -4.04. The maximum absolute atomic E-state index is 13.6. The molecule has 2 aliphatic rings. The van der Waals surface area contributed by atoms with Crippen LogP contribution in [0.15, 0.2) is 30.3 Å². The number of nitrogens with zero attached hydrogens (tertiary/aromatic N) is 2. The summed E-state index contributed by atoms with van der Waals surface area (Å²) in [5.74, 6) is -5.25. The summed E-state index contributed by atoms with van der Waals surface area (Å²) in [7, 11) is 3.05. The lowest BCUT2D eigenvalue weighted by atomic mass is 10.0. The molecule has 0 spiro atoms. The first-order valence-corrected chi connectivity index (χ1v) is 16.8. The van der Waals surface area contributed by atoms with E-state index in [-0.39, 0.29) is 25.3 Å². The summed E-state index contributed by atoms with van der Waals surface area (Å²) in [4.78, 5) is 93.8. The highest BCUT2D eigenvalue weighted by molar-refractivity contribution is 6.38. The highest BCUT2D eigenvalue weighted by Gasteiger charge is 2.51. The Kier molecular flexibility index (Phi) is 13.6. The highest BCUT2D eigenvalue weighted by Crippen LogP contribution is 2.34. The van der Waals surface area contributed by atoms with Crippen LogP contribution >= 0.6 is 0 Å². The number of amides is 6. The van der Waals surface area contributed by atoms with Crippen LogP contribution in [0.5, 0.6) is 0 Å². The quantitative estimate of drug-likeness (QED) is 0.198. The molecule has 0 radical (unpaired) electrons. The van der Waals surface area contributed by atoms with Crippen LogP contribution in [0.25, 0.3) is 0 Å². The number of nitrogens with one attached hydrogen (secondary N) is 4. The van der Waals surface area contributed by atoms with E-state index in [0.717, 1.165) is 12.8 Å². The van der Waals surface area contributed by atoms with E-state index in [2.05, 4.69) is 26.0 Å². The first-order chi connectivity index (χ1) is 23.7. The second-order valence-corrected chi connectivity index (χ2v) is 13.9. The summed E-state index contributed by atoms with van der Waals surface area (Å²) in [6.45, 7) is 3.94. The normalized spacial score (nSPS) is 17.8. The number of alkyl halides is 3. The number of ketones is 1. The Bertz CT molecular complexity index is 1470. The molecule has 4 N–H and O–H groups in total. The van der Waals surface area contributed by atoms with Gasteiger partial charge < -0.3 is 35.8 Å². The van der Waals surface area contributed by atoms with Crippen molar-refractivity contribution in [3.63, 3.8) is 0 Å². The molecule has 1 aromatic rings. The Hall–Kier alpha value is -4.70. The number of alkyl carbamates (subject to hydrolysis) is 1. The van der Waals surface area contributed by atoms with Crippen LogP contribution in [-0.2, 0) is 33.5 Å². The van der Waals surface area contributed by atoms with Gasteiger partial charge in [0.2, 0.25) is 35.0 Å². The Morgan fingerprint density at radius 1 is 0.941 bits per heavy atom. The van der Waals surface area contributed by atoms with Gasteiger partial charge in [-0.15, -0.1) is 0 Å². The first kappa shape index (κ1) is 40.7. The summed E-state index contributed by atoms with van der Waals surface area (Å²) in [5, 5.41) is 9.61. The number of hydrogen-bond donors (Lipinski definition) is 4. The number of carbonyl (C=O) groups is 7. The van der Waals surface area contributed by atoms with Crippen molar-refractivity contribution in [2.75, 3.05) is 27.2 Å². The number of rotatable bonds is 15. The van der Waals surface area contributed by atoms with Crippen molar-refractivity contribution in [2.24, 2.45) is 11.8 Å². The van der Waals surface area contributed by atoms with Gasteiger partial charge in [-0.1, -0.05) is 57.0 Å². The zero-order valence-electron chi connectivity index (χ0n) is 29.6.